The third kappa shape index (κ3) is 6.57. The van der Waals surface area contributed by atoms with Crippen molar-refractivity contribution in [2.24, 2.45) is 0 Å². The van der Waals surface area contributed by atoms with Gasteiger partial charge in [-0.2, -0.15) is 0 Å². The first-order chi connectivity index (χ1) is 20.6. The molecule has 3 aromatic rings. The van der Waals surface area contributed by atoms with Crippen LogP contribution in [0.2, 0.25) is 0 Å². The number of non-ortho nitro benzene ring substituents is 1. The average Bonchev–Trinajstić information content (AvgIpc) is 3.00. The summed E-state index contributed by atoms with van der Waals surface area (Å²) in [5.74, 6) is 0. The Bertz CT molecular complexity index is 1500. The standard InChI is InChI=1S/C28H33N9O6/c1-30-11-15-32(16-12-30)23-7-9-26(36(40)41)25(19-23)29-34(21-3-5-22(6-4-21)35(38)39)28-20-24(8-10-27(28)37(42)43)33-17-13-31(2)14-18-33/h3-10,19-20,29H,11-18H2,1-2H3. The number of hydrazine groups is 1. The Morgan fingerprint density at radius 3 is 1.60 bits per heavy atom. The van der Waals surface area contributed by atoms with Gasteiger partial charge in [0, 0.05) is 88.0 Å². The molecule has 0 radical (unpaired) electrons. The highest BCUT2D eigenvalue weighted by molar-refractivity contribution is 5.81. The van der Waals surface area contributed by atoms with Gasteiger partial charge in [0.05, 0.1) is 20.5 Å². The lowest BCUT2D eigenvalue weighted by molar-refractivity contribution is -0.384. The van der Waals surface area contributed by atoms with Crippen molar-refractivity contribution in [3.05, 3.63) is 91.0 Å². The number of nitro groups is 3. The van der Waals surface area contributed by atoms with Crippen molar-refractivity contribution >= 4 is 45.5 Å². The first kappa shape index (κ1) is 29.5. The summed E-state index contributed by atoms with van der Waals surface area (Å²) in [6.45, 7) is 6.22. The van der Waals surface area contributed by atoms with E-state index < -0.39 is 14.8 Å². The number of hydrogen-bond acceptors (Lipinski definition) is 12. The highest BCUT2D eigenvalue weighted by atomic mass is 16.6. The van der Waals surface area contributed by atoms with Crippen molar-refractivity contribution in [3.63, 3.8) is 0 Å². The molecule has 2 heterocycles. The van der Waals surface area contributed by atoms with Crippen molar-refractivity contribution in [2.45, 2.75) is 0 Å². The summed E-state index contributed by atoms with van der Waals surface area (Å²) in [4.78, 5) is 42.8. The molecule has 1 N–H and O–H groups in total. The minimum Gasteiger partial charge on any atom is -0.369 e. The van der Waals surface area contributed by atoms with Gasteiger partial charge in [0.25, 0.3) is 17.1 Å². The molecule has 0 saturated carbocycles. The van der Waals surface area contributed by atoms with Crippen LogP contribution in [0.15, 0.2) is 60.7 Å². The van der Waals surface area contributed by atoms with Gasteiger partial charge in [0.2, 0.25) is 0 Å². The second-order valence-electron chi connectivity index (χ2n) is 10.7. The number of hydrogen-bond donors (Lipinski definition) is 1. The third-order valence-electron chi connectivity index (χ3n) is 7.86. The maximum atomic E-state index is 12.3. The van der Waals surface area contributed by atoms with Crippen molar-refractivity contribution in [1.82, 2.24) is 9.80 Å². The lowest BCUT2D eigenvalue weighted by Gasteiger charge is -2.35. The summed E-state index contributed by atoms with van der Waals surface area (Å²) in [6.07, 6.45) is 0. The second-order valence-corrected chi connectivity index (χ2v) is 10.7. The molecule has 15 heteroatoms. The van der Waals surface area contributed by atoms with Crippen LogP contribution in [0.1, 0.15) is 0 Å². The van der Waals surface area contributed by atoms with Gasteiger partial charge in [-0.1, -0.05) is 0 Å². The Hall–Kier alpha value is -5.02. The fourth-order valence-corrected chi connectivity index (χ4v) is 5.25. The summed E-state index contributed by atoms with van der Waals surface area (Å²) in [7, 11) is 4.06. The number of nitro benzene ring substituents is 3. The Labute approximate surface area is 247 Å². The van der Waals surface area contributed by atoms with Crippen LogP contribution in [-0.2, 0) is 0 Å². The predicted octanol–water partition coefficient (Wildman–Crippen LogP) is 4.08. The Morgan fingerprint density at radius 1 is 0.628 bits per heavy atom. The van der Waals surface area contributed by atoms with Crippen LogP contribution in [0, 0.1) is 30.3 Å². The predicted molar refractivity (Wildman–Crippen MR) is 164 cm³/mol. The van der Waals surface area contributed by atoms with Gasteiger partial charge in [0.1, 0.15) is 11.4 Å². The van der Waals surface area contributed by atoms with Gasteiger partial charge in [-0.15, -0.1) is 0 Å². The molecule has 2 aliphatic heterocycles. The summed E-state index contributed by atoms with van der Waals surface area (Å²) >= 11 is 0. The third-order valence-corrected chi connectivity index (χ3v) is 7.86. The van der Waals surface area contributed by atoms with Gasteiger partial charge in [-0.3, -0.25) is 35.8 Å². The summed E-state index contributed by atoms with van der Waals surface area (Å²) in [5, 5.41) is 37.1. The van der Waals surface area contributed by atoms with E-state index in [-0.39, 0.29) is 28.4 Å². The summed E-state index contributed by atoms with van der Waals surface area (Å²) in [5.41, 5.74) is 4.57. The largest absolute Gasteiger partial charge is 0.369 e. The van der Waals surface area contributed by atoms with Crippen LogP contribution in [-0.4, -0.2) is 91.0 Å². The van der Waals surface area contributed by atoms with E-state index in [9.17, 15) is 30.3 Å². The van der Waals surface area contributed by atoms with E-state index in [4.69, 9.17) is 0 Å². The lowest BCUT2D eigenvalue weighted by Crippen LogP contribution is -2.44. The zero-order chi connectivity index (χ0) is 30.7. The fourth-order valence-electron chi connectivity index (χ4n) is 5.25. The minimum absolute atomic E-state index is 0.124. The Kier molecular flexibility index (Phi) is 8.54. The number of nitrogens with one attached hydrogen (secondary N) is 1. The van der Waals surface area contributed by atoms with Crippen molar-refractivity contribution in [2.75, 3.05) is 86.7 Å². The maximum absolute atomic E-state index is 12.3. The molecule has 0 atom stereocenters. The summed E-state index contributed by atoms with van der Waals surface area (Å²) in [6, 6.07) is 15.0. The molecule has 2 fully saturated rings. The smallest absolute Gasteiger partial charge is 0.294 e. The van der Waals surface area contributed by atoms with Gasteiger partial charge < -0.3 is 19.6 Å². The molecule has 15 nitrogen and oxygen atoms in total. The van der Waals surface area contributed by atoms with Crippen LogP contribution in [0.3, 0.4) is 0 Å². The number of anilines is 5. The fraction of sp³-hybridized carbons (Fsp3) is 0.357. The van der Waals surface area contributed by atoms with E-state index in [1.807, 2.05) is 14.1 Å². The first-order valence-corrected chi connectivity index (χ1v) is 13.9. The molecular formula is C28H33N9O6. The van der Waals surface area contributed by atoms with Crippen LogP contribution in [0.5, 0.6) is 0 Å². The average molecular weight is 592 g/mol. The molecular weight excluding hydrogens is 558 g/mol. The molecule has 0 aromatic heterocycles. The number of piperazine rings is 2. The highest BCUT2D eigenvalue weighted by Crippen LogP contribution is 2.40. The molecule has 0 amide bonds. The quantitative estimate of drug-likeness (QED) is 0.281. The van der Waals surface area contributed by atoms with Gasteiger partial charge in [-0.25, -0.2) is 5.01 Å². The van der Waals surface area contributed by atoms with E-state index in [0.29, 0.717) is 5.69 Å². The Balaban J connectivity index is 1.62. The molecule has 3 aromatic carbocycles. The monoisotopic (exact) mass is 591 g/mol. The summed E-state index contributed by atoms with van der Waals surface area (Å²) < 4.78 is 0. The molecule has 2 saturated heterocycles. The zero-order valence-electron chi connectivity index (χ0n) is 24.0. The van der Waals surface area contributed by atoms with E-state index in [0.717, 1.165) is 63.7 Å². The minimum atomic E-state index is -0.539. The molecule has 0 bridgehead atoms. The molecule has 0 spiro atoms. The molecule has 0 aliphatic carbocycles. The van der Waals surface area contributed by atoms with E-state index in [1.165, 1.54) is 41.4 Å². The van der Waals surface area contributed by atoms with Crippen LogP contribution in [0.25, 0.3) is 0 Å². The molecule has 0 unspecified atom stereocenters. The Morgan fingerprint density at radius 2 is 1.12 bits per heavy atom. The van der Waals surface area contributed by atoms with Crippen molar-refractivity contribution < 1.29 is 14.8 Å². The van der Waals surface area contributed by atoms with E-state index in [2.05, 4.69) is 25.0 Å². The van der Waals surface area contributed by atoms with Gasteiger partial charge in [0.15, 0.2) is 0 Å². The molecule has 5 rings (SSSR count). The topological polar surface area (TPSA) is 158 Å². The number of rotatable bonds is 9. The zero-order valence-corrected chi connectivity index (χ0v) is 24.0. The molecule has 2 aliphatic rings. The van der Waals surface area contributed by atoms with Gasteiger partial charge in [-0.05, 0) is 50.5 Å². The lowest BCUT2D eigenvalue weighted by atomic mass is 10.1. The first-order valence-electron chi connectivity index (χ1n) is 13.9. The number of nitrogens with zero attached hydrogens (tertiary/aromatic N) is 8. The van der Waals surface area contributed by atoms with E-state index in [1.54, 1.807) is 24.3 Å². The number of likely N-dealkylation sites (N-methyl/N-ethyl adjacent to an activating group) is 2. The van der Waals surface area contributed by atoms with Gasteiger partial charge >= 0.3 is 0 Å². The van der Waals surface area contributed by atoms with Crippen LogP contribution >= 0.6 is 0 Å². The second kappa shape index (κ2) is 12.5. The van der Waals surface area contributed by atoms with Crippen molar-refractivity contribution in [3.8, 4) is 0 Å². The van der Waals surface area contributed by atoms with E-state index >= 15 is 0 Å². The van der Waals surface area contributed by atoms with Crippen LogP contribution in [0.4, 0.5) is 45.5 Å². The highest BCUT2D eigenvalue weighted by Gasteiger charge is 2.27. The SMILES string of the molecule is CN1CCN(c2ccc([N+](=O)[O-])c(NN(c3ccc([N+](=O)[O-])cc3)c3cc(N4CCN(C)CC4)ccc3[N+](=O)[O-])c2)CC1. The number of benzene rings is 3. The molecule has 43 heavy (non-hydrogen) atoms. The normalized spacial score (nSPS) is 16.1. The van der Waals surface area contributed by atoms with Crippen molar-refractivity contribution in [1.29, 1.82) is 0 Å². The van der Waals surface area contributed by atoms with Crippen LogP contribution < -0.4 is 20.2 Å². The molecule has 226 valence electrons. The maximum Gasteiger partial charge on any atom is 0.294 e.